The first-order valence-corrected chi connectivity index (χ1v) is 35.3. The van der Waals surface area contributed by atoms with E-state index in [2.05, 4.69) is 139 Å². The van der Waals surface area contributed by atoms with E-state index < -0.39 is 87.3 Å². The quantitative estimate of drug-likeness (QED) is 0.0341. The van der Waals surface area contributed by atoms with Gasteiger partial charge in [-0.05, 0) is 108 Å². The number of benzene rings is 4. The van der Waals surface area contributed by atoms with Crippen molar-refractivity contribution in [2.75, 3.05) is 37.5 Å². The summed E-state index contributed by atoms with van der Waals surface area (Å²) < 4.78 is 106. The molecule has 0 aliphatic carbocycles. The van der Waals surface area contributed by atoms with E-state index in [0.29, 0.717) is 48.5 Å². The molecule has 2 aromatic heterocycles. The van der Waals surface area contributed by atoms with Crippen LogP contribution in [0.2, 0.25) is 36.3 Å². The smallest absolute Gasteiger partial charge is 0.436 e. The molecule has 0 unspecified atom stereocenters. The van der Waals surface area contributed by atoms with E-state index >= 15 is 0 Å². The van der Waals surface area contributed by atoms with Crippen molar-refractivity contribution in [1.82, 2.24) is 30.2 Å². The van der Waals surface area contributed by atoms with E-state index in [-0.39, 0.29) is 42.2 Å². The number of halogens is 7. The monoisotopic (exact) mass is 1330 g/mol. The first-order valence-electron chi connectivity index (χ1n) is 28.3. The van der Waals surface area contributed by atoms with Crippen LogP contribution in [0, 0.1) is 0 Å². The topological polar surface area (TPSA) is 180 Å². The largest absolute Gasteiger partial charge is 0.465 e. The number of ether oxygens (including phenoxy) is 2. The second-order valence-corrected chi connectivity index (χ2v) is 34.6. The van der Waals surface area contributed by atoms with Crippen LogP contribution in [0.1, 0.15) is 161 Å². The highest BCUT2D eigenvalue weighted by Crippen LogP contribution is 2.41. The Labute approximate surface area is 522 Å². The number of alkyl halides is 7. The maximum Gasteiger partial charge on any atom is 0.436 e. The van der Waals surface area contributed by atoms with E-state index in [4.69, 9.17) is 13.6 Å². The summed E-state index contributed by atoms with van der Waals surface area (Å²) >= 11 is 3.48. The van der Waals surface area contributed by atoms with Crippen molar-refractivity contribution in [3.63, 3.8) is 0 Å². The Bertz CT molecular complexity index is 3380. The van der Waals surface area contributed by atoms with E-state index in [0.717, 1.165) is 27.7 Å². The molecule has 0 saturated carbocycles. The summed E-state index contributed by atoms with van der Waals surface area (Å²) in [5.74, 6) is -2.56. The van der Waals surface area contributed by atoms with Gasteiger partial charge in [-0.1, -0.05) is 138 Å². The number of esters is 2. The van der Waals surface area contributed by atoms with Gasteiger partial charge in [-0.15, -0.1) is 0 Å². The van der Waals surface area contributed by atoms with Crippen LogP contribution in [-0.4, -0.2) is 87.3 Å². The lowest BCUT2D eigenvalue weighted by Crippen LogP contribution is -2.40. The lowest BCUT2D eigenvalue weighted by atomic mass is 10.1. The molecule has 0 spiro atoms. The zero-order chi connectivity index (χ0) is 64.6. The number of carbonyl (C=O) groups is 4. The Morgan fingerprint density at radius 3 is 1.44 bits per heavy atom. The summed E-state index contributed by atoms with van der Waals surface area (Å²) in [4.78, 5) is 51.0. The van der Waals surface area contributed by atoms with Crippen molar-refractivity contribution < 1.29 is 63.8 Å². The van der Waals surface area contributed by atoms with Gasteiger partial charge in [0.25, 0.3) is 11.8 Å². The summed E-state index contributed by atoms with van der Waals surface area (Å²) in [5, 5.41) is 16.6. The van der Waals surface area contributed by atoms with Gasteiger partial charge < -0.3 is 39.2 Å². The fraction of sp³-hybridized carbons (Fsp3) is 0.460. The molecule has 4 heterocycles. The molecule has 25 heteroatoms. The fourth-order valence-corrected chi connectivity index (χ4v) is 11.1. The zero-order valence-electron chi connectivity index (χ0n) is 51.7. The second kappa shape index (κ2) is 29.2. The molecule has 0 saturated heterocycles. The lowest BCUT2D eigenvalue weighted by Gasteiger charge is -2.36. The van der Waals surface area contributed by atoms with Crippen LogP contribution in [0.3, 0.4) is 0 Å². The molecule has 2 atom stereocenters. The van der Waals surface area contributed by atoms with Gasteiger partial charge in [0.15, 0.2) is 28.0 Å². The normalized spacial score (nSPS) is 13.9. The number of amides is 2. The Balaban J connectivity index is 0.000000266. The maximum atomic E-state index is 14.1. The van der Waals surface area contributed by atoms with Gasteiger partial charge in [0.2, 0.25) is 0 Å². The van der Waals surface area contributed by atoms with E-state index in [1.165, 1.54) is 54.3 Å². The average molecular weight is 1330 g/mol. The first kappa shape index (κ1) is 71.9. The van der Waals surface area contributed by atoms with E-state index in [9.17, 15) is 45.5 Å². The summed E-state index contributed by atoms with van der Waals surface area (Å²) in [5.41, 5.74) is 2.91. The van der Waals surface area contributed by atoms with Gasteiger partial charge in [-0.2, -0.15) is 36.5 Å². The molecule has 2 amide bonds. The van der Waals surface area contributed by atoms with Gasteiger partial charge in [0.1, 0.15) is 22.8 Å². The highest BCUT2D eigenvalue weighted by atomic mass is 79.9. The number of fused-ring (bicyclic) bond motifs is 2. The van der Waals surface area contributed by atoms with Crippen molar-refractivity contribution in [2.45, 2.75) is 162 Å². The highest BCUT2D eigenvalue weighted by Gasteiger charge is 2.45. The number of carbonyl (C=O) groups excluding carboxylic acids is 4. The van der Waals surface area contributed by atoms with Crippen LogP contribution in [0.25, 0.3) is 0 Å². The molecule has 4 aromatic carbocycles. The number of aromatic nitrogens is 4. The Hall–Kier alpha value is -6.81. The summed E-state index contributed by atoms with van der Waals surface area (Å²) in [7, 11) is -1.06. The SMILES string of the molecule is C.CC(C)(C)[Si](C)(C)OCc1cccc(CBr)c1.COC(=O)c1ccc([C@H](C)NC(=O)c2c(C(F)(F)F)nn3c2N(Cc2cccc(CO[Si](C)(C)C(C)(C)C)c2)CC3)cc1.COC(=O)c1ccc([C@H](C)NC(=O)c2c(C(F)(F)F)nn3c2NCC3)cc1. The van der Waals surface area contributed by atoms with Crippen LogP contribution in [-0.2, 0) is 68.9 Å². The van der Waals surface area contributed by atoms with Crippen LogP contribution in [0.5, 0.6) is 0 Å². The fourth-order valence-electron chi connectivity index (χ4n) is 8.87. The Kier molecular flexibility index (Phi) is 23.9. The number of hydrogen-bond acceptors (Lipinski definition) is 12. The third-order valence-corrected chi connectivity index (χ3v) is 25.7. The molecule has 88 heavy (non-hydrogen) atoms. The lowest BCUT2D eigenvalue weighted by molar-refractivity contribution is -0.142. The minimum absolute atomic E-state index is 0. The molecule has 6 aromatic rings. The standard InChI is InChI=1S/C31H39F3N4O4Si.C17H17F3N4O3.C14H23BrOSi.CH4/c1-20(23-11-13-24(14-12-23)29(40)41-5)35-27(39)25-26(31(32,33)34)36-38-16-15-37(28(25)38)18-21-9-8-10-22(17-21)19-42-43(6,7)30(2,3)4;1-9(10-3-5-11(6-4-10)16(26)27-2)22-15(25)12-13(17(18,19)20)23-24-8-7-21-14(12)24;1-14(2,3)17(4,5)16-11-13-8-6-7-12(9-13)10-15;/h8-14,17,20H,15-16,18-19H2,1-7H3,(H,35,39);3-6,9,21H,7-8H2,1-2H3,(H,22,25);6-9H,10-11H2,1-5H3;1H4/t20-;9-;;/m00../s1. The van der Waals surface area contributed by atoms with Gasteiger partial charge in [-0.3, -0.25) is 9.59 Å². The van der Waals surface area contributed by atoms with Crippen LogP contribution >= 0.6 is 15.9 Å². The third kappa shape index (κ3) is 18.0. The molecule has 16 nitrogen and oxygen atoms in total. The average Bonchev–Trinajstić information content (AvgIpc) is 1.67. The van der Waals surface area contributed by atoms with E-state index in [1.807, 2.05) is 24.3 Å². The number of nitrogens with one attached hydrogen (secondary N) is 3. The number of rotatable bonds is 17. The van der Waals surface area contributed by atoms with Crippen molar-refractivity contribution in [3.8, 4) is 0 Å². The summed E-state index contributed by atoms with van der Waals surface area (Å²) in [6, 6.07) is 27.7. The molecular formula is C63H83BrF6N8O8Si2. The van der Waals surface area contributed by atoms with Crippen LogP contribution in [0.4, 0.5) is 38.0 Å². The van der Waals surface area contributed by atoms with Gasteiger partial charge >= 0.3 is 24.3 Å². The number of hydrogen-bond donors (Lipinski definition) is 3. The van der Waals surface area contributed by atoms with E-state index in [1.54, 1.807) is 43.0 Å². The predicted octanol–water partition coefficient (Wildman–Crippen LogP) is 15.1. The van der Waals surface area contributed by atoms with Crippen LogP contribution in [0.15, 0.2) is 97.1 Å². The molecule has 8 rings (SSSR count). The Morgan fingerprint density at radius 2 is 1.01 bits per heavy atom. The van der Waals surface area contributed by atoms with Gasteiger partial charge in [0.05, 0.1) is 63.7 Å². The van der Waals surface area contributed by atoms with Crippen molar-refractivity contribution in [3.05, 3.63) is 164 Å². The number of nitrogens with zero attached hydrogens (tertiary/aromatic N) is 5. The number of methoxy groups -OCH3 is 2. The minimum Gasteiger partial charge on any atom is -0.465 e. The maximum absolute atomic E-state index is 14.1. The molecule has 480 valence electrons. The molecule has 0 bridgehead atoms. The zero-order valence-corrected chi connectivity index (χ0v) is 55.3. The van der Waals surface area contributed by atoms with Crippen molar-refractivity contribution in [2.24, 2.45) is 0 Å². The summed E-state index contributed by atoms with van der Waals surface area (Å²) in [6.45, 7) is 28.4. The molecule has 0 fully saturated rings. The van der Waals surface area contributed by atoms with Crippen molar-refractivity contribution >= 4 is 68.0 Å². The molecular weight excluding hydrogens is 1250 g/mol. The molecule has 0 radical (unpaired) electrons. The Morgan fingerprint density at radius 1 is 0.602 bits per heavy atom. The van der Waals surface area contributed by atoms with Gasteiger partial charge in [-0.25, -0.2) is 19.0 Å². The van der Waals surface area contributed by atoms with Gasteiger partial charge in [0, 0.05) is 25.0 Å². The second-order valence-electron chi connectivity index (χ2n) is 24.4. The summed E-state index contributed by atoms with van der Waals surface area (Å²) in [6.07, 6.45) is -9.56. The third-order valence-electron chi connectivity index (χ3n) is 16.0. The predicted molar refractivity (Wildman–Crippen MR) is 338 cm³/mol. The van der Waals surface area contributed by atoms with Crippen molar-refractivity contribution in [1.29, 1.82) is 0 Å². The minimum atomic E-state index is -4.82. The molecule has 2 aliphatic heterocycles. The highest BCUT2D eigenvalue weighted by molar-refractivity contribution is 9.08. The molecule has 2 aliphatic rings. The van der Waals surface area contributed by atoms with Crippen LogP contribution < -0.4 is 20.9 Å². The molecule has 3 N–H and O–H groups in total. The first-order chi connectivity index (χ1) is 40.5. The number of anilines is 2.